The van der Waals surface area contributed by atoms with Crippen LogP contribution in [0.25, 0.3) is 17.0 Å². The summed E-state index contributed by atoms with van der Waals surface area (Å²) in [4.78, 5) is 20.0. The molecule has 1 N–H and O–H groups in total. The van der Waals surface area contributed by atoms with Gasteiger partial charge in [0.15, 0.2) is 0 Å². The fraction of sp³-hybridized carbons (Fsp3) is 0.350. The van der Waals surface area contributed by atoms with Gasteiger partial charge in [0, 0.05) is 24.0 Å². The Morgan fingerprint density at radius 1 is 1.30 bits per heavy atom. The highest BCUT2D eigenvalue weighted by Gasteiger charge is 2.24. The van der Waals surface area contributed by atoms with E-state index >= 15 is 0 Å². The van der Waals surface area contributed by atoms with Gasteiger partial charge in [0.2, 0.25) is 0 Å². The average molecular weight is 400 g/mol. The summed E-state index contributed by atoms with van der Waals surface area (Å²) in [6.07, 6.45) is 5.49. The van der Waals surface area contributed by atoms with E-state index in [9.17, 15) is 4.79 Å². The number of nitrogens with zero attached hydrogens (tertiary/aromatic N) is 2. The zero-order valence-corrected chi connectivity index (χ0v) is 16.8. The van der Waals surface area contributed by atoms with Crippen LogP contribution in [0.15, 0.2) is 29.2 Å². The molecule has 3 heterocycles. The molecular weight excluding hydrogens is 378 g/mol. The number of fused-ring (bicyclic) bond motifs is 1. The fourth-order valence-corrected chi connectivity index (χ4v) is 4.48. The molecular formula is C20H21N3O2S2. The maximum Gasteiger partial charge on any atom is 0.263 e. The molecule has 2 fully saturated rings. The third-order valence-corrected chi connectivity index (χ3v) is 5.85. The summed E-state index contributed by atoms with van der Waals surface area (Å²) in [5.74, 6) is 1.62. The van der Waals surface area contributed by atoms with Gasteiger partial charge in [-0.1, -0.05) is 24.0 Å². The van der Waals surface area contributed by atoms with E-state index in [4.69, 9.17) is 21.9 Å². The normalized spacial score (nSPS) is 19.0. The first kappa shape index (κ1) is 18.3. The van der Waals surface area contributed by atoms with E-state index in [1.807, 2.05) is 31.2 Å². The van der Waals surface area contributed by atoms with Gasteiger partial charge in [-0.3, -0.25) is 4.79 Å². The lowest BCUT2D eigenvalue weighted by atomic mass is 10.1. The Morgan fingerprint density at radius 2 is 2.11 bits per heavy atom. The molecule has 1 aromatic heterocycles. The minimum atomic E-state index is -0.141. The standard InChI is InChI=1S/C20H21N3O2S2/c1-2-25-15-6-7-16-13(11-15)10-14(12-17-19(24)22-20(26)27-17)18(21-16)23-8-4-3-5-9-23/h6-7,10-12H,2-5,8-9H2,1H3,(H,22,24,26)/b17-12-. The first-order chi connectivity index (χ1) is 13.1. The number of thiocarbonyl (C=S) groups is 1. The van der Waals surface area contributed by atoms with Crippen molar-refractivity contribution in [2.45, 2.75) is 26.2 Å². The second kappa shape index (κ2) is 7.86. The second-order valence-electron chi connectivity index (χ2n) is 6.59. The number of nitrogens with one attached hydrogen (secondary N) is 1. The number of carbonyl (C=O) groups excluding carboxylic acids is 1. The molecule has 2 saturated heterocycles. The van der Waals surface area contributed by atoms with Crippen molar-refractivity contribution in [1.82, 2.24) is 10.3 Å². The highest BCUT2D eigenvalue weighted by atomic mass is 32.2. The van der Waals surface area contributed by atoms with E-state index in [0.29, 0.717) is 15.8 Å². The quantitative estimate of drug-likeness (QED) is 0.617. The number of anilines is 1. The van der Waals surface area contributed by atoms with Crippen LogP contribution in [0.2, 0.25) is 0 Å². The predicted octanol–water partition coefficient (Wildman–Crippen LogP) is 4.11. The van der Waals surface area contributed by atoms with Crippen molar-refractivity contribution >= 4 is 57.0 Å². The summed E-state index contributed by atoms with van der Waals surface area (Å²) in [6, 6.07) is 8.05. The summed E-state index contributed by atoms with van der Waals surface area (Å²) in [6.45, 7) is 4.57. The Morgan fingerprint density at radius 3 is 2.81 bits per heavy atom. The van der Waals surface area contributed by atoms with Gasteiger partial charge in [0.05, 0.1) is 17.0 Å². The van der Waals surface area contributed by atoms with E-state index in [0.717, 1.165) is 41.1 Å². The molecule has 2 aliphatic heterocycles. The molecule has 0 atom stereocenters. The van der Waals surface area contributed by atoms with Gasteiger partial charge in [0.25, 0.3) is 5.91 Å². The summed E-state index contributed by atoms with van der Waals surface area (Å²) >= 11 is 6.42. The Labute approximate surface area is 168 Å². The van der Waals surface area contributed by atoms with Crippen LogP contribution >= 0.6 is 24.0 Å². The summed E-state index contributed by atoms with van der Waals surface area (Å²) < 4.78 is 6.12. The molecule has 0 aliphatic carbocycles. The highest BCUT2D eigenvalue weighted by molar-refractivity contribution is 8.26. The van der Waals surface area contributed by atoms with Gasteiger partial charge in [-0.05, 0) is 56.5 Å². The number of amides is 1. The number of thioether (sulfide) groups is 1. The zero-order chi connectivity index (χ0) is 18.8. The summed E-state index contributed by atoms with van der Waals surface area (Å²) in [5.41, 5.74) is 1.88. The molecule has 4 rings (SSSR count). The third kappa shape index (κ3) is 3.94. The van der Waals surface area contributed by atoms with Gasteiger partial charge in [-0.25, -0.2) is 4.98 Å². The van der Waals surface area contributed by atoms with E-state index < -0.39 is 0 Å². The van der Waals surface area contributed by atoms with Crippen molar-refractivity contribution in [3.05, 3.63) is 34.7 Å². The first-order valence-electron chi connectivity index (χ1n) is 9.21. The number of piperidine rings is 1. The maximum atomic E-state index is 12.1. The van der Waals surface area contributed by atoms with Crippen molar-refractivity contribution in [3.8, 4) is 5.75 Å². The molecule has 0 unspecified atom stereocenters. The molecule has 27 heavy (non-hydrogen) atoms. The molecule has 5 nitrogen and oxygen atoms in total. The number of rotatable bonds is 4. The number of carbonyl (C=O) groups is 1. The van der Waals surface area contributed by atoms with Crippen molar-refractivity contribution in [2.75, 3.05) is 24.6 Å². The predicted molar refractivity (Wildman–Crippen MR) is 115 cm³/mol. The maximum absolute atomic E-state index is 12.1. The molecule has 140 valence electrons. The Hall–Kier alpha value is -2.12. The minimum absolute atomic E-state index is 0.141. The van der Waals surface area contributed by atoms with Crippen LogP contribution in [0, 0.1) is 0 Å². The molecule has 1 amide bonds. The Bertz CT molecular complexity index is 936. The lowest BCUT2D eigenvalue weighted by molar-refractivity contribution is -0.115. The van der Waals surface area contributed by atoms with Gasteiger partial charge in [0.1, 0.15) is 15.9 Å². The Balaban J connectivity index is 1.82. The molecule has 2 aromatic rings. The van der Waals surface area contributed by atoms with Crippen LogP contribution in [-0.4, -0.2) is 34.9 Å². The monoisotopic (exact) mass is 399 g/mol. The highest BCUT2D eigenvalue weighted by Crippen LogP contribution is 2.33. The van der Waals surface area contributed by atoms with Crippen molar-refractivity contribution in [2.24, 2.45) is 0 Å². The molecule has 1 aromatic carbocycles. The van der Waals surface area contributed by atoms with E-state index in [2.05, 4.69) is 16.3 Å². The molecule has 2 aliphatic rings. The largest absolute Gasteiger partial charge is 0.494 e. The summed E-state index contributed by atoms with van der Waals surface area (Å²) in [7, 11) is 0. The van der Waals surface area contributed by atoms with Crippen LogP contribution in [-0.2, 0) is 4.79 Å². The number of aromatic nitrogens is 1. The molecule has 0 bridgehead atoms. The molecule has 0 spiro atoms. The van der Waals surface area contributed by atoms with Crippen LogP contribution in [0.3, 0.4) is 0 Å². The van der Waals surface area contributed by atoms with E-state index in [1.54, 1.807) is 0 Å². The fourth-order valence-electron chi connectivity index (χ4n) is 3.44. The molecule has 0 saturated carbocycles. The van der Waals surface area contributed by atoms with Crippen LogP contribution in [0.1, 0.15) is 31.7 Å². The van der Waals surface area contributed by atoms with E-state index in [1.165, 1.54) is 31.0 Å². The van der Waals surface area contributed by atoms with Crippen molar-refractivity contribution < 1.29 is 9.53 Å². The number of hydrogen-bond donors (Lipinski definition) is 1. The zero-order valence-electron chi connectivity index (χ0n) is 15.2. The van der Waals surface area contributed by atoms with Gasteiger partial charge >= 0.3 is 0 Å². The topological polar surface area (TPSA) is 54.5 Å². The lowest BCUT2D eigenvalue weighted by Crippen LogP contribution is -2.30. The van der Waals surface area contributed by atoms with Crippen LogP contribution < -0.4 is 15.0 Å². The Kier molecular flexibility index (Phi) is 5.31. The number of ether oxygens (including phenoxy) is 1. The average Bonchev–Trinajstić information content (AvgIpc) is 2.99. The molecule has 7 heteroatoms. The van der Waals surface area contributed by atoms with Crippen molar-refractivity contribution in [3.63, 3.8) is 0 Å². The smallest absolute Gasteiger partial charge is 0.263 e. The number of pyridine rings is 1. The van der Waals surface area contributed by atoms with Gasteiger partial charge in [-0.15, -0.1) is 0 Å². The number of benzene rings is 1. The molecule has 0 radical (unpaired) electrons. The first-order valence-corrected chi connectivity index (χ1v) is 10.4. The number of hydrogen-bond acceptors (Lipinski definition) is 6. The third-order valence-electron chi connectivity index (χ3n) is 4.69. The summed E-state index contributed by atoms with van der Waals surface area (Å²) in [5, 5.41) is 3.68. The van der Waals surface area contributed by atoms with Crippen LogP contribution in [0.4, 0.5) is 5.82 Å². The second-order valence-corrected chi connectivity index (χ2v) is 8.31. The van der Waals surface area contributed by atoms with E-state index in [-0.39, 0.29) is 5.91 Å². The van der Waals surface area contributed by atoms with Crippen LogP contribution in [0.5, 0.6) is 5.75 Å². The lowest BCUT2D eigenvalue weighted by Gasteiger charge is -2.29. The van der Waals surface area contributed by atoms with Crippen molar-refractivity contribution in [1.29, 1.82) is 0 Å². The van der Waals surface area contributed by atoms with Gasteiger partial charge < -0.3 is 15.0 Å². The SMILES string of the molecule is CCOc1ccc2nc(N3CCCCC3)c(/C=C3\SC(=S)NC3=O)cc2c1. The van der Waals surface area contributed by atoms with Gasteiger partial charge in [-0.2, -0.15) is 0 Å². The minimum Gasteiger partial charge on any atom is -0.494 e.